The Hall–Kier alpha value is -2.98. The van der Waals surface area contributed by atoms with Gasteiger partial charge in [-0.1, -0.05) is 35.4 Å². The lowest BCUT2D eigenvalue weighted by Crippen LogP contribution is -2.57. The van der Waals surface area contributed by atoms with Crippen LogP contribution in [-0.4, -0.2) is 34.9 Å². The van der Waals surface area contributed by atoms with Crippen LogP contribution in [-0.2, 0) is 0 Å². The third kappa shape index (κ3) is 3.84. The van der Waals surface area contributed by atoms with Gasteiger partial charge in [0.25, 0.3) is 5.91 Å². The van der Waals surface area contributed by atoms with E-state index in [1.54, 1.807) is 0 Å². The summed E-state index contributed by atoms with van der Waals surface area (Å²) in [4.78, 5) is 20.5. The summed E-state index contributed by atoms with van der Waals surface area (Å²) in [6.45, 7) is 10.3. The maximum atomic E-state index is 13.4. The number of nitrogens with zero attached hydrogens (tertiary/aromatic N) is 2. The highest BCUT2D eigenvalue weighted by molar-refractivity contribution is 5.95. The van der Waals surface area contributed by atoms with Crippen LogP contribution >= 0.6 is 0 Å². The van der Waals surface area contributed by atoms with Crippen molar-refractivity contribution in [3.63, 3.8) is 0 Å². The van der Waals surface area contributed by atoms with Gasteiger partial charge in [0.05, 0.1) is 11.6 Å². The number of hydrogen-bond acceptors (Lipinski definition) is 3. The third-order valence-electron chi connectivity index (χ3n) is 7.40. The molecule has 5 unspecified atom stereocenters. The molecular formula is C28H31N3O. The number of carbonyl (C=O) groups is 1. The number of pyridine rings is 1. The zero-order chi connectivity index (χ0) is 22.2. The Balaban J connectivity index is 1.55. The molecule has 0 radical (unpaired) electrons. The minimum atomic E-state index is -0.0929. The first kappa shape index (κ1) is 20.9. The maximum absolute atomic E-state index is 13.4. The van der Waals surface area contributed by atoms with E-state index in [2.05, 4.69) is 59.0 Å². The second kappa shape index (κ2) is 8.51. The number of nitrogens with one attached hydrogen (secondary N) is 1. The topological polar surface area (TPSA) is 45.2 Å². The quantitative estimate of drug-likeness (QED) is 0.570. The van der Waals surface area contributed by atoms with Crippen LogP contribution in [0, 0.1) is 25.7 Å². The highest BCUT2D eigenvalue weighted by Crippen LogP contribution is 2.42. The molecule has 3 aromatic rings. The maximum Gasteiger partial charge on any atom is 0.251 e. The lowest BCUT2D eigenvalue weighted by molar-refractivity contribution is 0.00171. The molecule has 3 aliphatic heterocycles. The van der Waals surface area contributed by atoms with Gasteiger partial charge in [-0.25, -0.2) is 0 Å². The number of aryl methyl sites for hydroxylation is 2. The van der Waals surface area contributed by atoms with Gasteiger partial charge in [0.15, 0.2) is 0 Å². The van der Waals surface area contributed by atoms with Crippen LogP contribution in [0.5, 0.6) is 0 Å². The standard InChI is InChI=1S/C28H31N3O/c1-4-20-17-31-14-12-22(20)16-26(31)27(30-28(32)21-8-5-18(2)6-9-21)23-11-13-29-25-10-7-19(3)15-24(23)25/h4-11,13,15,20,22,26-27H,1,12,14,16-17H2,2-3H3,(H,30,32). The zero-order valence-corrected chi connectivity index (χ0v) is 18.9. The first-order valence-corrected chi connectivity index (χ1v) is 11.6. The van der Waals surface area contributed by atoms with Gasteiger partial charge in [0.1, 0.15) is 0 Å². The fourth-order valence-corrected chi connectivity index (χ4v) is 5.59. The Bertz CT molecular complexity index is 1150. The summed E-state index contributed by atoms with van der Waals surface area (Å²) < 4.78 is 0. The van der Waals surface area contributed by atoms with Crippen molar-refractivity contribution >= 4 is 16.8 Å². The van der Waals surface area contributed by atoms with E-state index in [9.17, 15) is 4.79 Å². The van der Waals surface area contributed by atoms with E-state index in [4.69, 9.17) is 0 Å². The van der Waals surface area contributed by atoms with Crippen molar-refractivity contribution in [1.82, 2.24) is 15.2 Å². The molecule has 3 aliphatic rings. The van der Waals surface area contributed by atoms with Crippen LogP contribution in [0.3, 0.4) is 0 Å². The van der Waals surface area contributed by atoms with E-state index in [-0.39, 0.29) is 18.0 Å². The number of hydrogen-bond donors (Lipinski definition) is 1. The van der Waals surface area contributed by atoms with Crippen LogP contribution < -0.4 is 5.32 Å². The zero-order valence-electron chi connectivity index (χ0n) is 18.9. The summed E-state index contributed by atoms with van der Waals surface area (Å²) in [7, 11) is 0. The van der Waals surface area contributed by atoms with Gasteiger partial charge in [-0.3, -0.25) is 14.7 Å². The molecule has 5 atom stereocenters. The van der Waals surface area contributed by atoms with Crippen molar-refractivity contribution in [3.8, 4) is 0 Å². The Morgan fingerprint density at radius 3 is 2.66 bits per heavy atom. The number of carbonyl (C=O) groups excluding carboxylic acids is 1. The van der Waals surface area contributed by atoms with E-state index < -0.39 is 0 Å². The fraction of sp³-hybridized carbons (Fsp3) is 0.357. The van der Waals surface area contributed by atoms with Crippen LogP contribution in [0.25, 0.3) is 10.9 Å². The Morgan fingerprint density at radius 2 is 1.94 bits per heavy atom. The fourth-order valence-electron chi connectivity index (χ4n) is 5.59. The van der Waals surface area contributed by atoms with Gasteiger partial charge in [0.2, 0.25) is 0 Å². The predicted octanol–water partition coefficient (Wildman–Crippen LogP) is 5.22. The van der Waals surface area contributed by atoms with E-state index in [1.807, 2.05) is 37.4 Å². The first-order valence-electron chi connectivity index (χ1n) is 11.6. The molecule has 0 aliphatic carbocycles. The normalized spacial score (nSPS) is 25.4. The third-order valence-corrected chi connectivity index (χ3v) is 7.40. The summed E-state index contributed by atoms with van der Waals surface area (Å²) in [6, 6.07) is 16.5. The molecule has 3 saturated heterocycles. The molecule has 32 heavy (non-hydrogen) atoms. The Morgan fingerprint density at radius 1 is 1.16 bits per heavy atom. The van der Waals surface area contributed by atoms with Crippen molar-refractivity contribution in [2.75, 3.05) is 13.1 Å². The van der Waals surface area contributed by atoms with Crippen molar-refractivity contribution in [1.29, 1.82) is 0 Å². The molecule has 1 N–H and O–H groups in total. The van der Waals surface area contributed by atoms with Crippen molar-refractivity contribution in [3.05, 3.63) is 89.6 Å². The molecule has 4 heteroatoms. The van der Waals surface area contributed by atoms with Gasteiger partial charge >= 0.3 is 0 Å². The van der Waals surface area contributed by atoms with E-state index in [1.165, 1.54) is 12.0 Å². The Kier molecular flexibility index (Phi) is 5.56. The molecule has 2 aromatic carbocycles. The monoisotopic (exact) mass is 425 g/mol. The highest BCUT2D eigenvalue weighted by Gasteiger charge is 2.43. The number of amides is 1. The van der Waals surface area contributed by atoms with E-state index in [0.29, 0.717) is 17.4 Å². The molecule has 3 fully saturated rings. The Labute approximate surface area is 190 Å². The van der Waals surface area contributed by atoms with Crippen LogP contribution in [0.2, 0.25) is 0 Å². The SMILES string of the molecule is C=CC1CN2CCC1CC2C(NC(=O)c1ccc(C)cc1)c1ccnc2ccc(C)cc12. The summed E-state index contributed by atoms with van der Waals surface area (Å²) in [5.41, 5.74) is 5.19. The van der Waals surface area contributed by atoms with Crippen LogP contribution in [0.1, 0.15) is 45.9 Å². The van der Waals surface area contributed by atoms with Crippen LogP contribution in [0.15, 0.2) is 67.4 Å². The summed E-state index contributed by atoms with van der Waals surface area (Å²) in [5, 5.41) is 4.56. The second-order valence-corrected chi connectivity index (χ2v) is 9.48. The van der Waals surface area contributed by atoms with Gasteiger partial charge in [-0.05, 0) is 81.0 Å². The number of piperidine rings is 3. The van der Waals surface area contributed by atoms with Crippen molar-refractivity contribution < 1.29 is 4.79 Å². The first-order chi connectivity index (χ1) is 15.5. The molecule has 1 amide bonds. The largest absolute Gasteiger partial charge is 0.344 e. The molecule has 164 valence electrons. The van der Waals surface area contributed by atoms with E-state index >= 15 is 0 Å². The lowest BCUT2D eigenvalue weighted by Gasteiger charge is -2.51. The molecule has 0 spiro atoms. The second-order valence-electron chi connectivity index (χ2n) is 9.48. The predicted molar refractivity (Wildman–Crippen MR) is 130 cm³/mol. The molecule has 2 bridgehead atoms. The van der Waals surface area contributed by atoms with Gasteiger partial charge < -0.3 is 5.32 Å². The van der Waals surface area contributed by atoms with Gasteiger partial charge in [0, 0.05) is 29.7 Å². The minimum absolute atomic E-state index is 0.0180. The molecule has 1 aromatic heterocycles. The number of aromatic nitrogens is 1. The van der Waals surface area contributed by atoms with Crippen molar-refractivity contribution in [2.45, 2.75) is 38.8 Å². The van der Waals surface area contributed by atoms with Gasteiger partial charge in [-0.2, -0.15) is 0 Å². The smallest absolute Gasteiger partial charge is 0.251 e. The lowest BCUT2D eigenvalue weighted by atomic mass is 9.73. The molecular weight excluding hydrogens is 394 g/mol. The summed E-state index contributed by atoms with van der Waals surface area (Å²) >= 11 is 0. The van der Waals surface area contributed by atoms with Crippen LogP contribution in [0.4, 0.5) is 0 Å². The molecule has 6 rings (SSSR count). The molecule has 0 saturated carbocycles. The average Bonchev–Trinajstić information content (AvgIpc) is 2.82. The summed E-state index contributed by atoms with van der Waals surface area (Å²) in [6.07, 6.45) is 6.28. The minimum Gasteiger partial charge on any atom is -0.344 e. The molecule has 4 heterocycles. The molecule has 4 nitrogen and oxygen atoms in total. The van der Waals surface area contributed by atoms with E-state index in [0.717, 1.165) is 41.5 Å². The number of benzene rings is 2. The highest BCUT2D eigenvalue weighted by atomic mass is 16.1. The van der Waals surface area contributed by atoms with Gasteiger partial charge in [-0.15, -0.1) is 6.58 Å². The average molecular weight is 426 g/mol. The number of rotatable bonds is 5. The van der Waals surface area contributed by atoms with Crippen molar-refractivity contribution in [2.24, 2.45) is 11.8 Å². The number of fused-ring (bicyclic) bond motifs is 4. The summed E-state index contributed by atoms with van der Waals surface area (Å²) in [5.74, 6) is 1.16.